The number of piperidine rings is 1. The lowest BCUT2D eigenvalue weighted by Crippen LogP contribution is -2.47. The average molecular weight is 542 g/mol. The quantitative estimate of drug-likeness (QED) is 0.425. The minimum atomic E-state index is -4.18. The van der Waals surface area contributed by atoms with Gasteiger partial charge in [0.25, 0.3) is 5.91 Å². The molecule has 3 N–H and O–H groups in total. The zero-order chi connectivity index (χ0) is 26.4. The number of piperazine rings is 1. The van der Waals surface area contributed by atoms with Crippen LogP contribution in [0, 0.1) is 5.82 Å². The van der Waals surface area contributed by atoms with E-state index in [9.17, 15) is 22.4 Å². The van der Waals surface area contributed by atoms with Crippen LogP contribution >= 0.6 is 11.6 Å². The molecular formula is C26H32ClF4N5O. The molecule has 202 valence electrons. The Labute approximate surface area is 219 Å². The van der Waals surface area contributed by atoms with Crippen molar-refractivity contribution in [3.8, 4) is 0 Å². The van der Waals surface area contributed by atoms with Crippen molar-refractivity contribution in [3.63, 3.8) is 0 Å². The fourth-order valence-corrected chi connectivity index (χ4v) is 4.94. The standard InChI is InChI=1S/C26H32ClF4N5O/c27-19-3-6-23(24(15-19)36-12-10-35(11-13-36)9-7-26(29,30)31)34-25(37)22-5-4-20(28)14-18(22)16-33-21-2-1-8-32-17-21/h3-6,14-15,21,32-33H,1-2,7-13,16-17H2,(H,34,37). The minimum Gasteiger partial charge on any atom is -0.367 e. The van der Waals surface area contributed by atoms with Crippen molar-refractivity contribution >= 4 is 28.9 Å². The molecule has 2 heterocycles. The van der Waals surface area contributed by atoms with Crippen molar-refractivity contribution in [1.82, 2.24) is 15.5 Å². The van der Waals surface area contributed by atoms with Crippen LogP contribution in [0.15, 0.2) is 36.4 Å². The molecule has 2 saturated heterocycles. The Morgan fingerprint density at radius 2 is 1.89 bits per heavy atom. The fraction of sp³-hybridized carbons (Fsp3) is 0.500. The minimum absolute atomic E-state index is 0.0330. The van der Waals surface area contributed by atoms with Gasteiger partial charge in [-0.05, 0) is 61.3 Å². The second-order valence-electron chi connectivity index (χ2n) is 9.54. The summed E-state index contributed by atoms with van der Waals surface area (Å²) in [6.07, 6.45) is -2.94. The number of hydrogen-bond donors (Lipinski definition) is 3. The summed E-state index contributed by atoms with van der Waals surface area (Å²) >= 11 is 6.25. The summed E-state index contributed by atoms with van der Waals surface area (Å²) in [4.78, 5) is 17.1. The average Bonchev–Trinajstić information content (AvgIpc) is 2.88. The van der Waals surface area contributed by atoms with Gasteiger partial charge in [-0.2, -0.15) is 13.2 Å². The lowest BCUT2D eigenvalue weighted by Gasteiger charge is -2.37. The molecule has 0 spiro atoms. The summed E-state index contributed by atoms with van der Waals surface area (Å²) in [5.74, 6) is -0.781. The lowest BCUT2D eigenvalue weighted by molar-refractivity contribution is -0.138. The van der Waals surface area contributed by atoms with Crippen LogP contribution in [-0.4, -0.2) is 68.8 Å². The molecule has 0 radical (unpaired) electrons. The van der Waals surface area contributed by atoms with Crippen molar-refractivity contribution in [2.45, 2.75) is 38.0 Å². The third-order valence-electron chi connectivity index (χ3n) is 6.82. The zero-order valence-electron chi connectivity index (χ0n) is 20.5. The maximum atomic E-state index is 14.0. The Balaban J connectivity index is 1.44. The molecule has 2 aliphatic heterocycles. The molecule has 37 heavy (non-hydrogen) atoms. The van der Waals surface area contributed by atoms with Gasteiger partial charge in [0, 0.05) is 62.4 Å². The van der Waals surface area contributed by atoms with Gasteiger partial charge in [0.2, 0.25) is 0 Å². The van der Waals surface area contributed by atoms with E-state index in [0.29, 0.717) is 60.2 Å². The monoisotopic (exact) mass is 541 g/mol. The molecule has 11 heteroatoms. The predicted molar refractivity (Wildman–Crippen MR) is 138 cm³/mol. The van der Waals surface area contributed by atoms with Crippen molar-refractivity contribution < 1.29 is 22.4 Å². The molecule has 2 fully saturated rings. The number of nitrogens with one attached hydrogen (secondary N) is 3. The highest BCUT2D eigenvalue weighted by Gasteiger charge is 2.29. The van der Waals surface area contributed by atoms with Gasteiger partial charge in [-0.3, -0.25) is 9.69 Å². The van der Waals surface area contributed by atoms with E-state index < -0.39 is 18.4 Å². The predicted octanol–water partition coefficient (Wildman–Crippen LogP) is 4.65. The Bertz CT molecular complexity index is 1070. The normalized spacial score (nSPS) is 19.2. The van der Waals surface area contributed by atoms with E-state index in [2.05, 4.69) is 16.0 Å². The second kappa shape index (κ2) is 12.4. The highest BCUT2D eigenvalue weighted by molar-refractivity contribution is 6.31. The van der Waals surface area contributed by atoms with Gasteiger partial charge in [-0.25, -0.2) is 4.39 Å². The molecule has 2 aromatic carbocycles. The third-order valence-corrected chi connectivity index (χ3v) is 7.06. The highest BCUT2D eigenvalue weighted by atomic mass is 35.5. The summed E-state index contributed by atoms with van der Waals surface area (Å²) in [5, 5.41) is 10.2. The summed E-state index contributed by atoms with van der Waals surface area (Å²) in [6, 6.07) is 9.50. The maximum Gasteiger partial charge on any atom is 0.390 e. The number of alkyl halides is 3. The van der Waals surface area contributed by atoms with Gasteiger partial charge in [0.1, 0.15) is 5.82 Å². The first-order valence-electron chi connectivity index (χ1n) is 12.6. The highest BCUT2D eigenvalue weighted by Crippen LogP contribution is 2.31. The van der Waals surface area contributed by atoms with E-state index in [0.717, 1.165) is 25.9 Å². The van der Waals surface area contributed by atoms with Crippen LogP contribution in [0.3, 0.4) is 0 Å². The molecule has 1 amide bonds. The molecular weight excluding hydrogens is 510 g/mol. The molecule has 2 aromatic rings. The molecule has 0 bridgehead atoms. The molecule has 1 unspecified atom stereocenters. The van der Waals surface area contributed by atoms with E-state index >= 15 is 0 Å². The Kier molecular flexibility index (Phi) is 9.28. The summed E-state index contributed by atoms with van der Waals surface area (Å²) < 4.78 is 51.8. The first-order valence-corrected chi connectivity index (χ1v) is 12.9. The third kappa shape index (κ3) is 8.04. The van der Waals surface area contributed by atoms with E-state index in [4.69, 9.17) is 11.6 Å². The molecule has 6 nitrogen and oxygen atoms in total. The zero-order valence-corrected chi connectivity index (χ0v) is 21.3. The molecule has 0 saturated carbocycles. The number of nitrogens with zero attached hydrogens (tertiary/aromatic N) is 2. The topological polar surface area (TPSA) is 59.6 Å². The largest absolute Gasteiger partial charge is 0.390 e. The van der Waals surface area contributed by atoms with Crippen LogP contribution in [0.5, 0.6) is 0 Å². The van der Waals surface area contributed by atoms with Gasteiger partial charge in [-0.1, -0.05) is 11.6 Å². The van der Waals surface area contributed by atoms with E-state index in [1.165, 1.54) is 18.2 Å². The molecule has 0 aromatic heterocycles. The van der Waals surface area contributed by atoms with Crippen molar-refractivity contribution in [2.24, 2.45) is 0 Å². The maximum absolute atomic E-state index is 14.0. The van der Waals surface area contributed by atoms with Crippen LogP contribution in [0.1, 0.15) is 35.2 Å². The molecule has 1 atom stereocenters. The van der Waals surface area contributed by atoms with Crippen molar-refractivity contribution in [1.29, 1.82) is 0 Å². The second-order valence-corrected chi connectivity index (χ2v) is 9.97. The summed E-state index contributed by atoms with van der Waals surface area (Å²) in [5.41, 5.74) is 2.18. The van der Waals surface area contributed by atoms with Gasteiger partial charge in [0.05, 0.1) is 17.8 Å². The van der Waals surface area contributed by atoms with Crippen LogP contribution in [0.25, 0.3) is 0 Å². The summed E-state index contributed by atoms with van der Waals surface area (Å²) in [6.45, 7) is 4.09. The van der Waals surface area contributed by atoms with Crippen LogP contribution in [-0.2, 0) is 6.54 Å². The van der Waals surface area contributed by atoms with Crippen LogP contribution in [0.2, 0.25) is 5.02 Å². The first-order chi connectivity index (χ1) is 17.7. The Morgan fingerprint density at radius 1 is 1.11 bits per heavy atom. The molecule has 4 rings (SSSR count). The molecule has 2 aliphatic rings. The number of halogens is 5. The Hall–Kier alpha value is -2.40. The number of hydrogen-bond acceptors (Lipinski definition) is 5. The van der Waals surface area contributed by atoms with Crippen LogP contribution < -0.4 is 20.9 Å². The number of anilines is 2. The van der Waals surface area contributed by atoms with Gasteiger partial charge in [-0.15, -0.1) is 0 Å². The van der Waals surface area contributed by atoms with E-state index in [1.54, 1.807) is 23.1 Å². The number of carbonyl (C=O) groups is 1. The lowest BCUT2D eigenvalue weighted by atomic mass is 10.0. The van der Waals surface area contributed by atoms with Gasteiger partial charge in [0.15, 0.2) is 0 Å². The van der Waals surface area contributed by atoms with Crippen molar-refractivity contribution in [2.75, 3.05) is 56.0 Å². The van der Waals surface area contributed by atoms with E-state index in [1.807, 2.05) is 4.90 Å². The van der Waals surface area contributed by atoms with Gasteiger partial charge >= 0.3 is 6.18 Å². The Morgan fingerprint density at radius 3 is 2.59 bits per heavy atom. The first kappa shape index (κ1) is 27.6. The molecule has 0 aliphatic carbocycles. The number of amides is 1. The fourth-order valence-electron chi connectivity index (χ4n) is 4.77. The number of benzene rings is 2. The van der Waals surface area contributed by atoms with Crippen LogP contribution in [0.4, 0.5) is 28.9 Å². The summed E-state index contributed by atoms with van der Waals surface area (Å²) in [7, 11) is 0. The SMILES string of the molecule is O=C(Nc1ccc(Cl)cc1N1CCN(CCC(F)(F)F)CC1)c1ccc(F)cc1CNC1CCCNC1. The van der Waals surface area contributed by atoms with Gasteiger partial charge < -0.3 is 20.9 Å². The smallest absolute Gasteiger partial charge is 0.367 e. The number of rotatable bonds is 8. The van der Waals surface area contributed by atoms with Crippen molar-refractivity contribution in [3.05, 3.63) is 58.4 Å². The number of carbonyl (C=O) groups excluding carboxylic acids is 1. The van der Waals surface area contributed by atoms with E-state index in [-0.39, 0.29) is 18.5 Å².